The molecule has 0 spiro atoms. The molecule has 2 aromatic rings. The van der Waals surface area contributed by atoms with Crippen molar-refractivity contribution in [3.63, 3.8) is 0 Å². The molecule has 1 heterocycles. The number of thiophene rings is 1. The number of benzene rings is 1. The van der Waals surface area contributed by atoms with Crippen LogP contribution in [0.3, 0.4) is 0 Å². The fraction of sp³-hybridized carbons (Fsp3) is 0.200. The summed E-state index contributed by atoms with van der Waals surface area (Å²) in [4.78, 5) is 0. The number of aliphatic hydroxyl groups excluding tert-OH is 1. The molecule has 0 saturated heterocycles. The van der Waals surface area contributed by atoms with E-state index in [1.165, 1.54) is 11.3 Å². The molecule has 0 amide bonds. The number of hydrogen-bond donors (Lipinski definition) is 1. The van der Waals surface area contributed by atoms with E-state index in [0.29, 0.717) is 5.88 Å². The van der Waals surface area contributed by atoms with Crippen LogP contribution in [0.2, 0.25) is 4.34 Å². The van der Waals surface area contributed by atoms with Crippen molar-refractivity contribution in [2.75, 3.05) is 0 Å². The highest BCUT2D eigenvalue weighted by atomic mass is 35.5. The van der Waals surface area contributed by atoms with E-state index < -0.39 is 0 Å². The molecule has 0 fully saturated rings. The lowest BCUT2D eigenvalue weighted by Gasteiger charge is -2.03. The first-order valence-corrected chi connectivity index (χ1v) is 5.85. The first-order valence-electron chi connectivity index (χ1n) is 4.12. The Morgan fingerprint density at radius 3 is 2.64 bits per heavy atom. The molecule has 0 saturated carbocycles. The summed E-state index contributed by atoms with van der Waals surface area (Å²) in [6.07, 6.45) is 0. The summed E-state index contributed by atoms with van der Waals surface area (Å²) < 4.78 is 1.87. The Morgan fingerprint density at radius 2 is 2.00 bits per heavy atom. The van der Waals surface area contributed by atoms with Gasteiger partial charge >= 0.3 is 0 Å². The van der Waals surface area contributed by atoms with Gasteiger partial charge in [0, 0.05) is 10.6 Å². The van der Waals surface area contributed by atoms with E-state index in [2.05, 4.69) is 0 Å². The lowest BCUT2D eigenvalue weighted by molar-refractivity contribution is 0.281. The van der Waals surface area contributed by atoms with Crippen LogP contribution >= 0.6 is 34.5 Å². The number of rotatable bonds is 2. The fourth-order valence-electron chi connectivity index (χ4n) is 1.42. The number of alkyl halides is 1. The van der Waals surface area contributed by atoms with Crippen molar-refractivity contribution in [2.45, 2.75) is 12.5 Å². The summed E-state index contributed by atoms with van der Waals surface area (Å²) in [7, 11) is 0. The van der Waals surface area contributed by atoms with Gasteiger partial charge in [0.25, 0.3) is 0 Å². The number of aliphatic hydroxyl groups is 1. The topological polar surface area (TPSA) is 20.2 Å². The van der Waals surface area contributed by atoms with Crippen molar-refractivity contribution in [2.24, 2.45) is 0 Å². The fourth-order valence-corrected chi connectivity index (χ4v) is 2.86. The zero-order valence-electron chi connectivity index (χ0n) is 7.26. The van der Waals surface area contributed by atoms with Crippen LogP contribution in [0.5, 0.6) is 0 Å². The lowest BCUT2D eigenvalue weighted by atomic mass is 10.1. The van der Waals surface area contributed by atoms with Gasteiger partial charge in [-0.2, -0.15) is 0 Å². The van der Waals surface area contributed by atoms with Gasteiger partial charge in [-0.3, -0.25) is 0 Å². The maximum atomic E-state index is 9.13. The van der Waals surface area contributed by atoms with Gasteiger partial charge < -0.3 is 5.11 Å². The van der Waals surface area contributed by atoms with Crippen molar-refractivity contribution in [3.05, 3.63) is 33.7 Å². The zero-order chi connectivity index (χ0) is 10.1. The second-order valence-electron chi connectivity index (χ2n) is 3.00. The van der Waals surface area contributed by atoms with Crippen LogP contribution in [0, 0.1) is 0 Å². The maximum absolute atomic E-state index is 9.13. The van der Waals surface area contributed by atoms with Crippen molar-refractivity contribution >= 4 is 44.6 Å². The van der Waals surface area contributed by atoms with E-state index in [4.69, 9.17) is 28.3 Å². The Bertz CT molecular complexity index is 423. The minimum absolute atomic E-state index is 0.0193. The molecule has 0 aliphatic carbocycles. The first kappa shape index (κ1) is 10.2. The molecule has 0 aliphatic heterocycles. The van der Waals surface area contributed by atoms with Gasteiger partial charge in [0.15, 0.2) is 0 Å². The van der Waals surface area contributed by atoms with Crippen molar-refractivity contribution in [1.29, 1.82) is 0 Å². The Hall–Kier alpha value is -0.280. The molecule has 4 heteroatoms. The molecular formula is C10H8Cl2OS. The highest BCUT2D eigenvalue weighted by Gasteiger charge is 2.06. The van der Waals surface area contributed by atoms with Crippen LogP contribution in [0.15, 0.2) is 18.2 Å². The molecule has 0 bridgehead atoms. The third-order valence-electron chi connectivity index (χ3n) is 2.12. The summed E-state index contributed by atoms with van der Waals surface area (Å²) in [6, 6.07) is 5.83. The molecule has 1 aromatic heterocycles. The zero-order valence-corrected chi connectivity index (χ0v) is 9.59. The van der Waals surface area contributed by atoms with E-state index in [1.807, 2.05) is 18.2 Å². The van der Waals surface area contributed by atoms with Crippen LogP contribution in [-0.2, 0) is 12.5 Å². The maximum Gasteiger partial charge on any atom is 0.0940 e. The second-order valence-corrected chi connectivity index (χ2v) is 4.98. The predicted octanol–water partition coefficient (Wildman–Crippen LogP) is 3.79. The average Bonchev–Trinajstić information content (AvgIpc) is 2.54. The number of halogens is 2. The molecule has 1 N–H and O–H groups in total. The molecule has 14 heavy (non-hydrogen) atoms. The Labute approximate surface area is 95.9 Å². The predicted molar refractivity (Wildman–Crippen MR) is 62.3 cm³/mol. The minimum Gasteiger partial charge on any atom is -0.392 e. The summed E-state index contributed by atoms with van der Waals surface area (Å²) in [5.41, 5.74) is 1.85. The van der Waals surface area contributed by atoms with E-state index in [0.717, 1.165) is 25.5 Å². The van der Waals surface area contributed by atoms with Gasteiger partial charge in [-0.25, -0.2) is 0 Å². The van der Waals surface area contributed by atoms with Crippen LogP contribution in [0.25, 0.3) is 10.1 Å². The summed E-state index contributed by atoms with van der Waals surface area (Å²) in [5.74, 6) is 0.418. The molecule has 0 aliphatic rings. The van der Waals surface area contributed by atoms with Crippen molar-refractivity contribution in [1.82, 2.24) is 0 Å². The number of fused-ring (bicyclic) bond motifs is 1. The monoisotopic (exact) mass is 246 g/mol. The van der Waals surface area contributed by atoms with Crippen LogP contribution in [0.1, 0.15) is 11.1 Å². The summed E-state index contributed by atoms with van der Waals surface area (Å²) in [5, 5.41) is 10.2. The van der Waals surface area contributed by atoms with Gasteiger partial charge in [-0.05, 0) is 34.7 Å². The van der Waals surface area contributed by atoms with E-state index in [9.17, 15) is 0 Å². The lowest BCUT2D eigenvalue weighted by Crippen LogP contribution is -1.90. The third kappa shape index (κ3) is 1.75. The standard InChI is InChI=1S/C10H8Cl2OS/c11-4-7-2-9-6(1-8(7)5-13)3-10(12)14-9/h1-3,13H,4-5H2. The average molecular weight is 247 g/mol. The third-order valence-corrected chi connectivity index (χ3v) is 3.64. The van der Waals surface area contributed by atoms with Crippen LogP contribution in [-0.4, -0.2) is 5.11 Å². The molecule has 0 atom stereocenters. The van der Waals surface area contributed by atoms with E-state index in [-0.39, 0.29) is 6.61 Å². The molecule has 2 rings (SSSR count). The Balaban J connectivity index is 2.68. The van der Waals surface area contributed by atoms with E-state index in [1.54, 1.807) is 0 Å². The smallest absolute Gasteiger partial charge is 0.0940 e. The highest BCUT2D eigenvalue weighted by Crippen LogP contribution is 2.32. The molecule has 74 valence electrons. The molecule has 1 nitrogen and oxygen atoms in total. The Morgan fingerprint density at radius 1 is 1.21 bits per heavy atom. The van der Waals surface area contributed by atoms with Gasteiger partial charge in [0.1, 0.15) is 0 Å². The van der Waals surface area contributed by atoms with Gasteiger partial charge in [-0.15, -0.1) is 22.9 Å². The van der Waals surface area contributed by atoms with Crippen LogP contribution in [0.4, 0.5) is 0 Å². The van der Waals surface area contributed by atoms with E-state index >= 15 is 0 Å². The van der Waals surface area contributed by atoms with Crippen molar-refractivity contribution in [3.8, 4) is 0 Å². The summed E-state index contributed by atoms with van der Waals surface area (Å²) >= 11 is 13.2. The number of hydrogen-bond acceptors (Lipinski definition) is 2. The van der Waals surface area contributed by atoms with Crippen molar-refractivity contribution < 1.29 is 5.11 Å². The van der Waals surface area contributed by atoms with Gasteiger partial charge in [0.2, 0.25) is 0 Å². The Kier molecular flexibility index (Phi) is 2.98. The second kappa shape index (κ2) is 4.07. The van der Waals surface area contributed by atoms with Gasteiger partial charge in [-0.1, -0.05) is 11.6 Å². The molecule has 1 aromatic carbocycles. The first-order chi connectivity index (χ1) is 6.74. The minimum atomic E-state index is 0.0193. The quantitative estimate of drug-likeness (QED) is 0.800. The summed E-state index contributed by atoms with van der Waals surface area (Å²) in [6.45, 7) is 0.0193. The van der Waals surface area contributed by atoms with Gasteiger partial charge in [0.05, 0.1) is 10.9 Å². The molecule has 0 unspecified atom stereocenters. The van der Waals surface area contributed by atoms with Crippen LogP contribution < -0.4 is 0 Å². The molecule has 0 radical (unpaired) electrons. The molecular weight excluding hydrogens is 239 g/mol. The SMILES string of the molecule is OCc1cc2cc(Cl)sc2cc1CCl. The highest BCUT2D eigenvalue weighted by molar-refractivity contribution is 7.22. The normalized spacial score (nSPS) is 11.1. The largest absolute Gasteiger partial charge is 0.392 e.